The highest BCUT2D eigenvalue weighted by Crippen LogP contribution is 2.33. The molecule has 0 spiro atoms. The lowest BCUT2D eigenvalue weighted by Gasteiger charge is -2.09. The Balaban J connectivity index is 1.94. The van der Waals surface area contributed by atoms with Gasteiger partial charge in [0.2, 0.25) is 0 Å². The molecule has 0 N–H and O–H groups in total. The van der Waals surface area contributed by atoms with E-state index in [2.05, 4.69) is 6.08 Å². The van der Waals surface area contributed by atoms with E-state index in [1.54, 1.807) is 19.2 Å². The second-order valence-electron chi connectivity index (χ2n) is 5.66. The Kier molecular flexibility index (Phi) is 4.16. The van der Waals surface area contributed by atoms with E-state index in [9.17, 15) is 13.2 Å². The number of ether oxygens (including phenoxy) is 1. The zero-order valence-electron chi connectivity index (χ0n) is 12.8. The van der Waals surface area contributed by atoms with E-state index < -0.39 is 11.7 Å². The molecule has 0 fully saturated rings. The van der Waals surface area contributed by atoms with E-state index >= 15 is 0 Å². The van der Waals surface area contributed by atoms with Crippen LogP contribution in [0.2, 0.25) is 0 Å². The van der Waals surface area contributed by atoms with Crippen LogP contribution in [0.3, 0.4) is 0 Å². The zero-order valence-corrected chi connectivity index (χ0v) is 12.8. The summed E-state index contributed by atoms with van der Waals surface area (Å²) in [5.74, 6) is 0.829. The Morgan fingerprint density at radius 1 is 0.957 bits per heavy atom. The zero-order chi connectivity index (χ0) is 16.4. The summed E-state index contributed by atoms with van der Waals surface area (Å²) >= 11 is 0. The third kappa shape index (κ3) is 3.41. The fourth-order valence-corrected chi connectivity index (χ4v) is 2.90. The Bertz CT molecular complexity index is 727. The summed E-state index contributed by atoms with van der Waals surface area (Å²) in [6.45, 7) is 0. The van der Waals surface area contributed by atoms with Crippen molar-refractivity contribution < 1.29 is 17.9 Å². The van der Waals surface area contributed by atoms with Crippen molar-refractivity contribution in [2.24, 2.45) is 0 Å². The predicted octanol–water partition coefficient (Wildman–Crippen LogP) is 5.59. The van der Waals surface area contributed by atoms with Crippen LogP contribution in [0.15, 0.2) is 42.5 Å². The summed E-state index contributed by atoms with van der Waals surface area (Å²) in [6.07, 6.45) is 0.534. The first-order valence-electron chi connectivity index (χ1n) is 7.52. The Morgan fingerprint density at radius 2 is 1.70 bits per heavy atom. The molecule has 0 saturated heterocycles. The third-order valence-corrected chi connectivity index (χ3v) is 4.16. The molecule has 0 radical (unpaired) electrons. The lowest BCUT2D eigenvalue weighted by atomic mass is 9.99. The van der Waals surface area contributed by atoms with Crippen LogP contribution >= 0.6 is 0 Å². The average molecular weight is 318 g/mol. The smallest absolute Gasteiger partial charge is 0.416 e. The number of methoxy groups -OCH3 is 1. The molecule has 2 aromatic rings. The lowest BCUT2D eigenvalue weighted by Crippen LogP contribution is -2.04. The minimum absolute atomic E-state index is 0.611. The van der Waals surface area contributed by atoms with Gasteiger partial charge in [0.25, 0.3) is 0 Å². The van der Waals surface area contributed by atoms with Crippen LogP contribution in [-0.4, -0.2) is 7.11 Å². The van der Waals surface area contributed by atoms with E-state index in [0.29, 0.717) is 0 Å². The highest BCUT2D eigenvalue weighted by Gasteiger charge is 2.30. The Hall–Kier alpha value is -2.23. The first-order chi connectivity index (χ1) is 11.0. The first-order valence-corrected chi connectivity index (χ1v) is 7.52. The van der Waals surface area contributed by atoms with E-state index in [4.69, 9.17) is 4.74 Å². The molecule has 0 saturated carbocycles. The first kappa shape index (κ1) is 15.7. The summed E-state index contributed by atoms with van der Waals surface area (Å²) < 4.78 is 43.3. The van der Waals surface area contributed by atoms with Crippen molar-refractivity contribution in [2.45, 2.75) is 25.4 Å². The molecule has 1 aliphatic rings. The Morgan fingerprint density at radius 3 is 2.35 bits per heavy atom. The normalized spacial score (nSPS) is 14.7. The van der Waals surface area contributed by atoms with E-state index in [0.717, 1.165) is 53.8 Å². The second-order valence-corrected chi connectivity index (χ2v) is 5.66. The summed E-state index contributed by atoms with van der Waals surface area (Å²) in [6, 6.07) is 11.4. The van der Waals surface area contributed by atoms with Crippen molar-refractivity contribution >= 4 is 11.6 Å². The summed E-state index contributed by atoms with van der Waals surface area (Å²) in [5.41, 5.74) is 3.63. The van der Waals surface area contributed by atoms with Crippen LogP contribution in [0.5, 0.6) is 5.75 Å². The van der Waals surface area contributed by atoms with Crippen LogP contribution in [0.4, 0.5) is 13.2 Å². The molecule has 0 aliphatic heterocycles. The minimum Gasteiger partial charge on any atom is -0.497 e. The number of hydrogen-bond acceptors (Lipinski definition) is 1. The van der Waals surface area contributed by atoms with Gasteiger partial charge in [-0.1, -0.05) is 24.3 Å². The van der Waals surface area contributed by atoms with Crippen LogP contribution in [0.25, 0.3) is 11.6 Å². The van der Waals surface area contributed by atoms with Crippen LogP contribution < -0.4 is 4.74 Å². The van der Waals surface area contributed by atoms with Crippen molar-refractivity contribution in [3.8, 4) is 5.75 Å². The molecule has 120 valence electrons. The highest BCUT2D eigenvalue weighted by atomic mass is 19.4. The van der Waals surface area contributed by atoms with Crippen LogP contribution in [0, 0.1) is 0 Å². The van der Waals surface area contributed by atoms with Crippen molar-refractivity contribution in [1.29, 1.82) is 0 Å². The van der Waals surface area contributed by atoms with Crippen LogP contribution in [0.1, 0.15) is 35.1 Å². The van der Waals surface area contributed by atoms with Gasteiger partial charge in [0, 0.05) is 0 Å². The van der Waals surface area contributed by atoms with Gasteiger partial charge in [-0.15, -0.1) is 0 Å². The fraction of sp³-hybridized carbons (Fsp3) is 0.263. The molecule has 0 bridgehead atoms. The van der Waals surface area contributed by atoms with E-state index in [-0.39, 0.29) is 0 Å². The lowest BCUT2D eigenvalue weighted by molar-refractivity contribution is -0.137. The van der Waals surface area contributed by atoms with E-state index in [1.807, 2.05) is 18.2 Å². The number of aryl methyl sites for hydroxylation is 1. The molecule has 0 unspecified atom stereocenters. The average Bonchev–Trinajstić information content (AvgIpc) is 2.75. The van der Waals surface area contributed by atoms with Gasteiger partial charge in [-0.2, -0.15) is 13.2 Å². The molecule has 0 atom stereocenters. The van der Waals surface area contributed by atoms with Gasteiger partial charge >= 0.3 is 6.18 Å². The van der Waals surface area contributed by atoms with Gasteiger partial charge in [0.05, 0.1) is 12.7 Å². The maximum atomic E-state index is 12.7. The number of benzene rings is 2. The predicted molar refractivity (Wildman–Crippen MR) is 85.2 cm³/mol. The standard InChI is InChI=1S/C19H17F3O/c1-23-18-10-7-16-11-14(3-2-4-15(16)12-18)13-5-8-17(9-6-13)19(20,21)22/h5-12H,2-4H2,1H3. The second kappa shape index (κ2) is 6.11. The molecular weight excluding hydrogens is 301 g/mol. The number of hydrogen-bond donors (Lipinski definition) is 0. The largest absolute Gasteiger partial charge is 0.497 e. The maximum Gasteiger partial charge on any atom is 0.416 e. The van der Waals surface area contributed by atoms with Gasteiger partial charge < -0.3 is 4.74 Å². The third-order valence-electron chi connectivity index (χ3n) is 4.16. The molecule has 0 aromatic heterocycles. The quantitative estimate of drug-likeness (QED) is 0.701. The van der Waals surface area contributed by atoms with E-state index in [1.165, 1.54) is 5.56 Å². The molecule has 1 nitrogen and oxygen atoms in total. The topological polar surface area (TPSA) is 9.23 Å². The van der Waals surface area contributed by atoms with Gasteiger partial charge in [-0.3, -0.25) is 0 Å². The van der Waals surface area contributed by atoms with Gasteiger partial charge in [0.15, 0.2) is 0 Å². The molecule has 4 heteroatoms. The number of allylic oxidation sites excluding steroid dienone is 1. The SMILES string of the molecule is COc1ccc2c(c1)CCCC(c1ccc(C(F)(F)F)cc1)=C2. The van der Waals surface area contributed by atoms with Gasteiger partial charge in [-0.25, -0.2) is 0 Å². The maximum absolute atomic E-state index is 12.7. The number of halogens is 3. The van der Waals surface area contributed by atoms with Gasteiger partial charge in [-0.05, 0) is 65.8 Å². The molecule has 3 rings (SSSR count). The Labute approximate surface area is 133 Å². The fourth-order valence-electron chi connectivity index (χ4n) is 2.90. The summed E-state index contributed by atoms with van der Waals surface area (Å²) in [7, 11) is 1.64. The van der Waals surface area contributed by atoms with Gasteiger partial charge in [0.1, 0.15) is 5.75 Å². The minimum atomic E-state index is -4.29. The monoisotopic (exact) mass is 318 g/mol. The molecule has 0 amide bonds. The number of alkyl halides is 3. The molecule has 2 aromatic carbocycles. The van der Waals surface area contributed by atoms with Crippen LogP contribution in [-0.2, 0) is 12.6 Å². The summed E-state index contributed by atoms with van der Waals surface area (Å²) in [4.78, 5) is 0. The molecular formula is C19H17F3O. The molecule has 0 heterocycles. The van der Waals surface area contributed by atoms with Crippen molar-refractivity contribution in [3.05, 3.63) is 64.7 Å². The molecule has 1 aliphatic carbocycles. The molecule has 23 heavy (non-hydrogen) atoms. The summed E-state index contributed by atoms with van der Waals surface area (Å²) in [5, 5.41) is 0. The number of rotatable bonds is 2. The highest BCUT2D eigenvalue weighted by molar-refractivity contribution is 5.83. The van der Waals surface area contributed by atoms with Crippen molar-refractivity contribution in [2.75, 3.05) is 7.11 Å². The number of fused-ring (bicyclic) bond motifs is 1. The van der Waals surface area contributed by atoms with Crippen molar-refractivity contribution in [3.63, 3.8) is 0 Å². The van der Waals surface area contributed by atoms with Crippen molar-refractivity contribution in [1.82, 2.24) is 0 Å².